The van der Waals surface area contributed by atoms with E-state index in [0.29, 0.717) is 5.69 Å². The molecule has 0 unspecified atom stereocenters. The molecule has 0 saturated heterocycles. The summed E-state index contributed by atoms with van der Waals surface area (Å²) in [5.74, 6) is -4.92. The predicted molar refractivity (Wildman–Crippen MR) is 213 cm³/mol. The molecule has 0 saturated carbocycles. The molecular weight excluding hydrogens is 884 g/mol. The van der Waals surface area contributed by atoms with Gasteiger partial charge in [-0.2, -0.15) is 10.2 Å². The van der Waals surface area contributed by atoms with Crippen molar-refractivity contribution in [2.24, 2.45) is 0 Å². The van der Waals surface area contributed by atoms with E-state index >= 15 is 0 Å². The number of hydrogen-bond donors (Lipinski definition) is 1. The highest BCUT2D eigenvalue weighted by Crippen LogP contribution is 2.29. The van der Waals surface area contributed by atoms with Gasteiger partial charge >= 0.3 is 12.2 Å². The monoisotopic (exact) mass is 920 g/mol. The van der Waals surface area contributed by atoms with Crippen LogP contribution >= 0.6 is 11.6 Å². The first-order valence-electron chi connectivity index (χ1n) is 17.9. The van der Waals surface area contributed by atoms with Gasteiger partial charge in [-0.1, -0.05) is 23.7 Å². The number of hydrogen-bond acceptors (Lipinski definition) is 11. The fraction of sp³-hybridized carbons (Fsp3) is 0.231. The lowest BCUT2D eigenvalue weighted by atomic mass is 10.2. The summed E-state index contributed by atoms with van der Waals surface area (Å²) < 4.78 is 116. The number of nitrogens with zero attached hydrogens (tertiary/aromatic N) is 8. The molecule has 2 amide bonds. The van der Waals surface area contributed by atoms with Gasteiger partial charge in [-0.15, -0.1) is 0 Å². The number of ether oxygens (including phenoxy) is 1. The Balaban J connectivity index is 0.000000236. The number of carbonyl (C=O) groups excluding carboxylic acids is 1. The molecule has 1 N–H and O–H groups in total. The Kier molecular flexibility index (Phi) is 13.8. The second-order valence-corrected chi connectivity index (χ2v) is 18.5. The van der Waals surface area contributed by atoms with Crippen LogP contribution in [-0.4, -0.2) is 93.2 Å². The highest BCUT2D eigenvalue weighted by molar-refractivity contribution is 7.91. The second kappa shape index (κ2) is 18.3. The molecule has 0 aliphatic heterocycles. The van der Waals surface area contributed by atoms with Gasteiger partial charge in [-0.3, -0.25) is 4.98 Å². The SMILES string of the molecule is CN(Cc1cc(S(=O)(=O)c2ccc(Cl)nc2)n(-c2cccc(F)c2F)n1)C(=O)OC(C)(C)C.Cc1ccc(S(=O)(=O)c2cc(CN(C)C(=O)O)nn2-c2cccc(F)c2F)cn1. The molecule has 62 heavy (non-hydrogen) atoms. The van der Waals surface area contributed by atoms with Crippen molar-refractivity contribution in [3.05, 3.63) is 131 Å². The van der Waals surface area contributed by atoms with E-state index in [0.717, 1.165) is 44.9 Å². The average Bonchev–Trinajstić information content (AvgIpc) is 3.82. The minimum atomic E-state index is -4.27. The number of benzene rings is 2. The molecule has 23 heteroatoms. The number of aromatic nitrogens is 6. The van der Waals surface area contributed by atoms with Crippen molar-refractivity contribution >= 4 is 43.5 Å². The Hall–Kier alpha value is -6.39. The van der Waals surface area contributed by atoms with Crippen molar-refractivity contribution in [3.63, 3.8) is 0 Å². The van der Waals surface area contributed by atoms with E-state index in [1.165, 1.54) is 73.6 Å². The molecule has 4 aromatic heterocycles. The lowest BCUT2D eigenvalue weighted by molar-refractivity contribution is 0.0282. The largest absolute Gasteiger partial charge is 0.465 e. The molecule has 0 radical (unpaired) electrons. The first-order valence-corrected chi connectivity index (χ1v) is 21.2. The van der Waals surface area contributed by atoms with Crippen LogP contribution < -0.4 is 0 Å². The van der Waals surface area contributed by atoms with Crippen LogP contribution in [0.2, 0.25) is 5.15 Å². The Bertz CT molecular complexity index is 2850. The highest BCUT2D eigenvalue weighted by Gasteiger charge is 2.30. The van der Waals surface area contributed by atoms with Crippen LogP contribution in [0, 0.1) is 30.2 Å². The smallest absolute Gasteiger partial charge is 0.410 e. The van der Waals surface area contributed by atoms with Gasteiger partial charge < -0.3 is 19.6 Å². The van der Waals surface area contributed by atoms with Gasteiger partial charge in [0, 0.05) is 44.3 Å². The van der Waals surface area contributed by atoms with E-state index in [2.05, 4.69) is 20.2 Å². The number of rotatable bonds is 10. The number of amides is 2. The van der Waals surface area contributed by atoms with Gasteiger partial charge in [0.25, 0.3) is 0 Å². The average molecular weight is 921 g/mol. The summed E-state index contributed by atoms with van der Waals surface area (Å²) in [7, 11) is -5.79. The van der Waals surface area contributed by atoms with Gasteiger partial charge in [0.2, 0.25) is 19.7 Å². The van der Waals surface area contributed by atoms with Crippen LogP contribution in [0.5, 0.6) is 0 Å². The number of halogens is 5. The standard InChI is InChI=1S/C21H21ClF2N4O4S.C18H16F2N4O4S/c1-21(2,3)32-20(29)27(4)12-13-10-18(33(30,31)14-8-9-17(22)25-11-14)28(26-13)16-7-5-6-15(23)19(16)24;1-11-6-7-13(9-21-11)29(27,28)16-8-12(10-23(2)18(25)26)22-24(16)15-5-3-4-14(19)17(15)20/h5-11H,12H2,1-4H3;3-9H,10H2,1-2H3,(H,25,26). The molecule has 6 aromatic rings. The van der Waals surface area contributed by atoms with Gasteiger partial charge in [0.05, 0.1) is 34.3 Å². The van der Waals surface area contributed by atoms with Gasteiger partial charge in [-0.25, -0.2) is 58.3 Å². The van der Waals surface area contributed by atoms with Crippen molar-refractivity contribution in [1.82, 2.24) is 39.3 Å². The van der Waals surface area contributed by atoms with E-state index in [1.807, 2.05) is 0 Å². The molecule has 0 spiro atoms. The third-order valence-corrected chi connectivity index (χ3v) is 12.0. The Labute approximate surface area is 357 Å². The zero-order valence-corrected chi connectivity index (χ0v) is 36.0. The van der Waals surface area contributed by atoms with Crippen molar-refractivity contribution in [2.75, 3.05) is 14.1 Å². The van der Waals surface area contributed by atoms with E-state index in [-0.39, 0.29) is 39.4 Å². The molecule has 0 aliphatic rings. The minimum Gasteiger partial charge on any atom is -0.465 e. The number of carbonyl (C=O) groups is 2. The lowest BCUT2D eigenvalue weighted by Crippen LogP contribution is -2.33. The number of aryl methyl sites for hydroxylation is 1. The highest BCUT2D eigenvalue weighted by atomic mass is 35.5. The summed E-state index contributed by atoms with van der Waals surface area (Å²) in [5.41, 5.74) is -0.845. The van der Waals surface area contributed by atoms with E-state index < -0.39 is 82.2 Å². The number of carboxylic acid groups (broad SMARTS) is 1. The van der Waals surface area contributed by atoms with E-state index in [9.17, 15) is 44.0 Å². The molecule has 0 atom stereocenters. The summed E-state index contributed by atoms with van der Waals surface area (Å²) in [6.45, 7) is 6.37. The van der Waals surface area contributed by atoms with Crippen molar-refractivity contribution in [2.45, 2.75) is 66.2 Å². The Morgan fingerprint density at radius 3 is 1.58 bits per heavy atom. The van der Waals surface area contributed by atoms with Crippen molar-refractivity contribution < 1.29 is 53.8 Å². The molecule has 4 heterocycles. The fourth-order valence-corrected chi connectivity index (χ4v) is 8.14. The molecule has 0 fully saturated rings. The van der Waals surface area contributed by atoms with Crippen LogP contribution in [0.4, 0.5) is 27.2 Å². The summed E-state index contributed by atoms with van der Waals surface area (Å²) in [5, 5.41) is 16.4. The molecule has 0 bridgehead atoms. The number of pyridine rings is 2. The van der Waals surface area contributed by atoms with Crippen LogP contribution in [0.3, 0.4) is 0 Å². The summed E-state index contributed by atoms with van der Waals surface area (Å²) >= 11 is 5.75. The molecule has 328 valence electrons. The van der Waals surface area contributed by atoms with Crippen molar-refractivity contribution in [1.29, 1.82) is 0 Å². The molecule has 6 rings (SSSR count). The first kappa shape index (κ1) is 46.7. The van der Waals surface area contributed by atoms with Crippen LogP contribution in [0.25, 0.3) is 11.4 Å². The van der Waals surface area contributed by atoms with Gasteiger partial charge in [0.15, 0.2) is 33.3 Å². The van der Waals surface area contributed by atoms with E-state index in [4.69, 9.17) is 21.4 Å². The summed E-state index contributed by atoms with van der Waals surface area (Å²) in [6, 6.07) is 14.2. The van der Waals surface area contributed by atoms with Crippen LogP contribution in [0.1, 0.15) is 37.9 Å². The quantitative estimate of drug-likeness (QED) is 0.107. The molecule has 16 nitrogen and oxygen atoms in total. The summed E-state index contributed by atoms with van der Waals surface area (Å²) in [4.78, 5) is 32.8. The normalized spacial score (nSPS) is 11.7. The summed E-state index contributed by atoms with van der Waals surface area (Å²) in [6.07, 6.45) is 0.264. The minimum absolute atomic E-state index is 0.0391. The maximum atomic E-state index is 14.6. The third kappa shape index (κ3) is 10.5. The molecule has 2 aromatic carbocycles. The van der Waals surface area contributed by atoms with Gasteiger partial charge in [0.1, 0.15) is 22.1 Å². The lowest BCUT2D eigenvalue weighted by Gasteiger charge is -2.24. The fourth-order valence-electron chi connectivity index (χ4n) is 5.35. The zero-order valence-electron chi connectivity index (χ0n) is 33.6. The van der Waals surface area contributed by atoms with Gasteiger partial charge in [-0.05, 0) is 76.2 Å². The number of sulfone groups is 2. The second-order valence-electron chi connectivity index (χ2n) is 14.4. The Morgan fingerprint density at radius 2 is 1.18 bits per heavy atom. The van der Waals surface area contributed by atoms with Crippen LogP contribution in [-0.2, 0) is 37.5 Å². The first-order chi connectivity index (χ1) is 28.9. The van der Waals surface area contributed by atoms with Crippen LogP contribution in [0.15, 0.2) is 105 Å². The topological polar surface area (TPSA) is 200 Å². The Morgan fingerprint density at radius 1 is 0.726 bits per heavy atom. The maximum absolute atomic E-state index is 14.6. The van der Waals surface area contributed by atoms with Crippen molar-refractivity contribution in [3.8, 4) is 11.4 Å². The zero-order chi connectivity index (χ0) is 45.9. The third-order valence-electron chi connectivity index (χ3n) is 8.36. The predicted octanol–water partition coefficient (Wildman–Crippen LogP) is 7.20. The maximum Gasteiger partial charge on any atom is 0.410 e. The molecule has 0 aliphatic carbocycles. The molecular formula is C39H37ClF4N8O8S2. The van der Waals surface area contributed by atoms with E-state index in [1.54, 1.807) is 27.7 Å².